The Morgan fingerprint density at radius 1 is 1.28 bits per heavy atom. The van der Waals surface area contributed by atoms with Gasteiger partial charge in [0, 0.05) is 19.3 Å². The fourth-order valence-corrected chi connectivity index (χ4v) is 6.13. The molecule has 3 heterocycles. The molecule has 39 heavy (non-hydrogen) atoms. The number of alkyl halides is 4. The summed E-state index contributed by atoms with van der Waals surface area (Å²) in [5.74, 6) is 5.87. The number of likely N-dealkylation sites (tertiary alicyclic amines) is 1. The molecule has 2 aromatic heterocycles. The summed E-state index contributed by atoms with van der Waals surface area (Å²) in [7, 11) is 0.208. The van der Waals surface area contributed by atoms with Crippen molar-refractivity contribution in [2.24, 2.45) is 0 Å². The fourth-order valence-electron chi connectivity index (χ4n) is 4.37. The van der Waals surface area contributed by atoms with E-state index in [1.54, 1.807) is 24.3 Å². The zero-order valence-electron chi connectivity index (χ0n) is 21.6. The number of hydrogen-bond acceptors (Lipinski definition) is 8. The maximum Gasteiger partial charge on any atom is 0.393 e. The van der Waals surface area contributed by atoms with Crippen LogP contribution in [0.5, 0.6) is 5.88 Å². The lowest BCUT2D eigenvalue weighted by atomic mass is 10.0. The lowest BCUT2D eigenvalue weighted by Crippen LogP contribution is -2.46. The van der Waals surface area contributed by atoms with E-state index < -0.39 is 34.5 Å². The van der Waals surface area contributed by atoms with Gasteiger partial charge in [0.05, 0.1) is 56.8 Å². The molecule has 1 aliphatic rings. The normalized spacial score (nSPS) is 19.7. The van der Waals surface area contributed by atoms with Crippen LogP contribution in [0, 0.1) is 16.6 Å². The lowest BCUT2D eigenvalue weighted by molar-refractivity contribution is -0.126. The van der Waals surface area contributed by atoms with Gasteiger partial charge in [-0.1, -0.05) is 24.0 Å². The SMILES string of the molecule is COc1nc([S@@](C)(=N)=O)ccc1NCC#Cc1sc2c(NC3CCN(C)CC3F)cccc2c1CC(F)(F)F. The van der Waals surface area contributed by atoms with E-state index in [9.17, 15) is 21.8 Å². The Kier molecular flexibility index (Phi) is 8.58. The summed E-state index contributed by atoms with van der Waals surface area (Å²) in [6, 6.07) is 7.65. The molecule has 7 nitrogen and oxygen atoms in total. The van der Waals surface area contributed by atoms with Crippen LogP contribution in [0.25, 0.3) is 10.1 Å². The zero-order chi connectivity index (χ0) is 28.4. The summed E-state index contributed by atoms with van der Waals surface area (Å²) in [6.45, 7) is 1.10. The summed E-state index contributed by atoms with van der Waals surface area (Å²) in [4.78, 5) is 6.30. The van der Waals surface area contributed by atoms with Crippen LogP contribution in [0.15, 0.2) is 35.4 Å². The highest BCUT2D eigenvalue weighted by Gasteiger charge is 2.32. The van der Waals surface area contributed by atoms with E-state index in [-0.39, 0.29) is 23.0 Å². The predicted octanol–water partition coefficient (Wildman–Crippen LogP) is 5.36. The number of rotatable bonds is 7. The number of thiophene rings is 1. The number of methoxy groups -OCH3 is 1. The van der Waals surface area contributed by atoms with Crippen molar-refractivity contribution in [1.29, 1.82) is 4.78 Å². The van der Waals surface area contributed by atoms with Gasteiger partial charge in [-0.2, -0.15) is 13.2 Å². The van der Waals surface area contributed by atoms with Crippen LogP contribution in [0.1, 0.15) is 16.9 Å². The average Bonchev–Trinajstić information content (AvgIpc) is 3.19. The Morgan fingerprint density at radius 2 is 2.05 bits per heavy atom. The van der Waals surface area contributed by atoms with E-state index in [4.69, 9.17) is 9.52 Å². The Labute approximate surface area is 228 Å². The molecule has 0 bridgehead atoms. The Balaban J connectivity index is 1.61. The molecule has 0 saturated carbocycles. The number of halogens is 4. The molecule has 0 radical (unpaired) electrons. The van der Waals surface area contributed by atoms with Crippen LogP contribution >= 0.6 is 11.3 Å². The Bertz CT molecular complexity index is 1510. The van der Waals surface area contributed by atoms with Gasteiger partial charge in [0.15, 0.2) is 0 Å². The Hall–Kier alpha value is -3.08. The highest BCUT2D eigenvalue weighted by atomic mass is 32.2. The molecule has 1 saturated heterocycles. The first-order valence-electron chi connectivity index (χ1n) is 12.1. The number of benzene rings is 1. The van der Waals surface area contributed by atoms with E-state index in [2.05, 4.69) is 27.5 Å². The first-order valence-corrected chi connectivity index (χ1v) is 14.9. The van der Waals surface area contributed by atoms with Crippen molar-refractivity contribution in [2.45, 2.75) is 36.3 Å². The molecule has 1 aromatic carbocycles. The summed E-state index contributed by atoms with van der Waals surface area (Å²) in [5, 5.41) is 6.74. The Morgan fingerprint density at radius 3 is 2.72 bits per heavy atom. The number of hydrogen-bond donors (Lipinski definition) is 3. The summed E-state index contributed by atoms with van der Waals surface area (Å²) in [5.41, 5.74) is 1.13. The van der Waals surface area contributed by atoms with Crippen LogP contribution < -0.4 is 15.4 Å². The summed E-state index contributed by atoms with van der Waals surface area (Å²) in [6.07, 6.45) is -4.81. The number of nitrogens with zero attached hydrogens (tertiary/aromatic N) is 2. The van der Waals surface area contributed by atoms with Crippen molar-refractivity contribution in [3.63, 3.8) is 0 Å². The number of aromatic nitrogens is 1. The van der Waals surface area contributed by atoms with E-state index in [1.165, 1.54) is 19.4 Å². The quantitative estimate of drug-likeness (QED) is 0.256. The van der Waals surface area contributed by atoms with E-state index in [1.807, 2.05) is 11.9 Å². The van der Waals surface area contributed by atoms with Gasteiger partial charge >= 0.3 is 6.18 Å². The van der Waals surface area contributed by atoms with Gasteiger partial charge in [0.2, 0.25) is 5.88 Å². The van der Waals surface area contributed by atoms with Gasteiger partial charge in [0.1, 0.15) is 11.2 Å². The van der Waals surface area contributed by atoms with Crippen molar-refractivity contribution in [1.82, 2.24) is 9.88 Å². The summed E-state index contributed by atoms with van der Waals surface area (Å²) < 4.78 is 80.7. The molecule has 1 fully saturated rings. The third-order valence-electron chi connectivity index (χ3n) is 6.28. The second-order valence-electron chi connectivity index (χ2n) is 9.41. The minimum absolute atomic E-state index is 0.0711. The van der Waals surface area contributed by atoms with Crippen LogP contribution in [0.4, 0.5) is 28.9 Å². The van der Waals surface area contributed by atoms with Crippen LogP contribution in [0.2, 0.25) is 0 Å². The van der Waals surface area contributed by atoms with Gasteiger partial charge in [-0.15, -0.1) is 11.3 Å². The van der Waals surface area contributed by atoms with Gasteiger partial charge in [0.25, 0.3) is 0 Å². The maximum absolute atomic E-state index is 14.7. The summed E-state index contributed by atoms with van der Waals surface area (Å²) >= 11 is 1.15. The molecular formula is C26H29F4N5O2S2. The molecule has 3 N–H and O–H groups in total. The molecular weight excluding hydrogens is 554 g/mol. The van der Waals surface area contributed by atoms with Crippen LogP contribution in [0.3, 0.4) is 0 Å². The van der Waals surface area contributed by atoms with Crippen LogP contribution in [-0.4, -0.2) is 72.5 Å². The second-order valence-corrected chi connectivity index (χ2v) is 12.5. The second kappa shape index (κ2) is 11.6. The maximum atomic E-state index is 14.7. The molecule has 0 amide bonds. The van der Waals surface area contributed by atoms with Gasteiger partial charge in [-0.05, 0) is 42.6 Å². The average molecular weight is 584 g/mol. The lowest BCUT2D eigenvalue weighted by Gasteiger charge is -2.33. The zero-order valence-corrected chi connectivity index (χ0v) is 23.2. The molecule has 4 rings (SSSR count). The van der Waals surface area contributed by atoms with E-state index in [0.29, 0.717) is 39.3 Å². The number of nitrogens with one attached hydrogen (secondary N) is 3. The molecule has 1 aliphatic heterocycles. The topological polar surface area (TPSA) is 90.3 Å². The van der Waals surface area contributed by atoms with Gasteiger partial charge in [-0.25, -0.2) is 18.4 Å². The molecule has 210 valence electrons. The molecule has 0 spiro atoms. The van der Waals surface area contributed by atoms with Crippen LogP contribution in [-0.2, 0) is 16.1 Å². The standard InChI is InChI=1S/C26H29F4N5O2S2/c1-35-13-11-19(18(27)15-35)33-20-7-4-6-16-17(14-26(28,29)30)22(38-24(16)20)8-5-12-32-21-9-10-23(39(3,31)36)34-25(21)37-2/h4,6-7,9-10,18-19,31-33H,11-15H2,1-3H3/t18?,19?,39-/m0/s1. The fraction of sp³-hybridized carbons (Fsp3) is 0.423. The van der Waals surface area contributed by atoms with Crippen molar-refractivity contribution >= 4 is 42.5 Å². The third kappa shape index (κ3) is 7.12. The monoisotopic (exact) mass is 583 g/mol. The number of anilines is 2. The molecule has 3 atom stereocenters. The first-order chi connectivity index (χ1) is 18.4. The minimum atomic E-state index is -4.43. The van der Waals surface area contributed by atoms with Crippen molar-refractivity contribution in [3.05, 3.63) is 40.8 Å². The predicted molar refractivity (Wildman–Crippen MR) is 147 cm³/mol. The number of pyridine rings is 1. The third-order valence-corrected chi connectivity index (χ3v) is 8.50. The molecule has 0 aliphatic carbocycles. The number of fused-ring (bicyclic) bond motifs is 1. The van der Waals surface area contributed by atoms with Crippen molar-refractivity contribution in [3.8, 4) is 17.7 Å². The number of ether oxygens (including phenoxy) is 1. The largest absolute Gasteiger partial charge is 0.479 e. The van der Waals surface area contributed by atoms with E-state index in [0.717, 1.165) is 17.9 Å². The minimum Gasteiger partial charge on any atom is -0.479 e. The first kappa shape index (κ1) is 28.9. The smallest absolute Gasteiger partial charge is 0.393 e. The van der Waals surface area contributed by atoms with Gasteiger partial charge < -0.3 is 20.3 Å². The molecule has 13 heteroatoms. The molecule has 3 aromatic rings. The highest BCUT2D eigenvalue weighted by Crippen LogP contribution is 2.39. The highest BCUT2D eigenvalue weighted by molar-refractivity contribution is 7.91. The van der Waals surface area contributed by atoms with E-state index >= 15 is 0 Å². The molecule has 2 unspecified atom stereocenters. The van der Waals surface area contributed by atoms with Gasteiger partial charge in [-0.3, -0.25) is 0 Å². The number of piperidine rings is 1. The van der Waals surface area contributed by atoms with Crippen molar-refractivity contribution < 1.29 is 26.5 Å². The van der Waals surface area contributed by atoms with Crippen molar-refractivity contribution in [2.75, 3.05) is 50.7 Å².